The first-order chi connectivity index (χ1) is 7.16. The Balaban J connectivity index is 2.31. The largest absolute Gasteiger partial charge is 0.398 e. The summed E-state index contributed by atoms with van der Waals surface area (Å²) in [5.74, 6) is 0. The minimum absolute atomic E-state index is 0.646. The molecule has 0 aliphatic heterocycles. The van der Waals surface area contributed by atoms with Crippen LogP contribution in [0.3, 0.4) is 0 Å². The summed E-state index contributed by atoms with van der Waals surface area (Å²) in [5, 5.41) is 9.53. The third-order valence-electron chi connectivity index (χ3n) is 1.69. The van der Waals surface area contributed by atoms with Crippen molar-refractivity contribution in [3.8, 4) is 0 Å². The SMILES string of the molecule is Cc1nnc(Sc2c(N)cccc2Cl)s1. The average Bonchev–Trinajstić information content (AvgIpc) is 2.58. The van der Waals surface area contributed by atoms with E-state index in [2.05, 4.69) is 10.2 Å². The Labute approximate surface area is 101 Å². The summed E-state index contributed by atoms with van der Waals surface area (Å²) in [6.45, 7) is 1.91. The summed E-state index contributed by atoms with van der Waals surface area (Å²) < 4.78 is 0.854. The van der Waals surface area contributed by atoms with Gasteiger partial charge in [0, 0.05) is 5.69 Å². The van der Waals surface area contributed by atoms with Gasteiger partial charge in [-0.25, -0.2) is 0 Å². The molecule has 2 N–H and O–H groups in total. The van der Waals surface area contributed by atoms with Crippen LogP contribution in [0.2, 0.25) is 5.02 Å². The number of nitrogens with two attached hydrogens (primary N) is 1. The predicted molar refractivity (Wildman–Crippen MR) is 64.6 cm³/mol. The van der Waals surface area contributed by atoms with Crippen LogP contribution in [0.1, 0.15) is 5.01 Å². The number of anilines is 1. The van der Waals surface area contributed by atoms with E-state index < -0.39 is 0 Å². The van der Waals surface area contributed by atoms with E-state index in [1.807, 2.05) is 25.1 Å². The van der Waals surface area contributed by atoms with Crippen molar-refractivity contribution in [1.82, 2.24) is 10.2 Å². The molecule has 3 nitrogen and oxygen atoms in total. The smallest absolute Gasteiger partial charge is 0.179 e. The normalized spacial score (nSPS) is 10.5. The molecule has 2 aromatic rings. The second kappa shape index (κ2) is 4.38. The number of halogens is 1. The van der Waals surface area contributed by atoms with E-state index in [9.17, 15) is 0 Å². The molecule has 0 amide bonds. The van der Waals surface area contributed by atoms with Crippen LogP contribution < -0.4 is 5.73 Å². The Hall–Kier alpha value is -0.780. The van der Waals surface area contributed by atoms with Crippen molar-refractivity contribution in [1.29, 1.82) is 0 Å². The second-order valence-electron chi connectivity index (χ2n) is 2.85. The Morgan fingerprint density at radius 3 is 2.80 bits per heavy atom. The second-order valence-corrected chi connectivity index (χ2v) is 5.69. The molecular formula is C9H8ClN3S2. The molecule has 1 aromatic carbocycles. The number of benzene rings is 1. The number of rotatable bonds is 2. The molecule has 0 atom stereocenters. The summed E-state index contributed by atoms with van der Waals surface area (Å²) in [4.78, 5) is 0.843. The minimum atomic E-state index is 0.646. The lowest BCUT2D eigenvalue weighted by Gasteiger charge is -2.03. The minimum Gasteiger partial charge on any atom is -0.398 e. The highest BCUT2D eigenvalue weighted by Gasteiger charge is 2.09. The van der Waals surface area contributed by atoms with Gasteiger partial charge in [0.25, 0.3) is 0 Å². The molecule has 0 saturated heterocycles. The van der Waals surface area contributed by atoms with Crippen LogP contribution in [0.5, 0.6) is 0 Å². The molecule has 2 rings (SSSR count). The number of hydrogen-bond donors (Lipinski definition) is 1. The molecule has 78 valence electrons. The molecule has 0 saturated carbocycles. The molecule has 0 aliphatic rings. The highest BCUT2D eigenvalue weighted by molar-refractivity contribution is 8.01. The van der Waals surface area contributed by atoms with Gasteiger partial charge in [-0.05, 0) is 19.1 Å². The fourth-order valence-corrected chi connectivity index (χ4v) is 3.14. The molecule has 0 spiro atoms. The molecular weight excluding hydrogens is 250 g/mol. The topological polar surface area (TPSA) is 51.8 Å². The molecule has 1 aromatic heterocycles. The highest BCUT2D eigenvalue weighted by Crippen LogP contribution is 2.38. The zero-order chi connectivity index (χ0) is 10.8. The van der Waals surface area contributed by atoms with E-state index in [1.54, 1.807) is 0 Å². The molecule has 6 heteroatoms. The third kappa shape index (κ3) is 2.42. The van der Waals surface area contributed by atoms with E-state index in [4.69, 9.17) is 17.3 Å². The molecule has 0 fully saturated rings. The number of hydrogen-bond acceptors (Lipinski definition) is 5. The van der Waals surface area contributed by atoms with Crippen molar-refractivity contribution in [2.45, 2.75) is 16.2 Å². The van der Waals surface area contributed by atoms with Gasteiger partial charge >= 0.3 is 0 Å². The quantitative estimate of drug-likeness (QED) is 0.840. The van der Waals surface area contributed by atoms with Crippen molar-refractivity contribution in [2.24, 2.45) is 0 Å². The first kappa shape index (κ1) is 10.7. The van der Waals surface area contributed by atoms with Gasteiger partial charge < -0.3 is 5.73 Å². The zero-order valence-corrected chi connectivity index (χ0v) is 10.3. The predicted octanol–water partition coefficient (Wildman–Crippen LogP) is 3.23. The van der Waals surface area contributed by atoms with E-state index in [0.29, 0.717) is 10.7 Å². The molecule has 0 unspecified atom stereocenters. The van der Waals surface area contributed by atoms with E-state index in [-0.39, 0.29) is 0 Å². The number of nitrogen functional groups attached to an aromatic ring is 1. The van der Waals surface area contributed by atoms with Crippen molar-refractivity contribution in [3.63, 3.8) is 0 Å². The Kier molecular flexibility index (Phi) is 3.14. The number of aryl methyl sites for hydroxylation is 1. The summed E-state index contributed by atoms with van der Waals surface area (Å²) in [6, 6.07) is 5.46. The van der Waals surface area contributed by atoms with Gasteiger partial charge in [-0.15, -0.1) is 10.2 Å². The summed E-state index contributed by atoms with van der Waals surface area (Å²) in [6.07, 6.45) is 0. The van der Waals surface area contributed by atoms with Crippen LogP contribution in [-0.2, 0) is 0 Å². The van der Waals surface area contributed by atoms with Gasteiger partial charge in [-0.2, -0.15) is 0 Å². The van der Waals surface area contributed by atoms with Gasteiger partial charge in [0.1, 0.15) is 5.01 Å². The highest BCUT2D eigenvalue weighted by atomic mass is 35.5. The Morgan fingerprint density at radius 2 is 2.20 bits per heavy atom. The van der Waals surface area contributed by atoms with Crippen LogP contribution >= 0.6 is 34.7 Å². The summed E-state index contributed by atoms with van der Waals surface area (Å²) in [5.41, 5.74) is 6.49. The zero-order valence-electron chi connectivity index (χ0n) is 7.90. The Bertz CT molecular complexity index is 464. The van der Waals surface area contributed by atoms with Gasteiger partial charge in [0.15, 0.2) is 4.34 Å². The maximum atomic E-state index is 6.04. The lowest BCUT2D eigenvalue weighted by Crippen LogP contribution is -1.88. The molecule has 15 heavy (non-hydrogen) atoms. The van der Waals surface area contributed by atoms with E-state index in [0.717, 1.165) is 14.2 Å². The molecule has 0 radical (unpaired) electrons. The average molecular weight is 258 g/mol. The molecule has 0 aliphatic carbocycles. The maximum Gasteiger partial charge on any atom is 0.179 e. The van der Waals surface area contributed by atoms with Crippen LogP contribution in [0.25, 0.3) is 0 Å². The lowest BCUT2D eigenvalue weighted by atomic mass is 10.3. The van der Waals surface area contributed by atoms with Crippen LogP contribution in [0.4, 0.5) is 5.69 Å². The number of aromatic nitrogens is 2. The molecule has 0 bridgehead atoms. The summed E-state index contributed by atoms with van der Waals surface area (Å²) in [7, 11) is 0. The van der Waals surface area contributed by atoms with Crippen molar-refractivity contribution < 1.29 is 0 Å². The standard InChI is InChI=1S/C9H8ClN3S2/c1-5-12-13-9(14-5)15-8-6(10)3-2-4-7(8)11/h2-4H,11H2,1H3. The van der Waals surface area contributed by atoms with Crippen molar-refractivity contribution in [2.75, 3.05) is 5.73 Å². The first-order valence-corrected chi connectivity index (χ1v) is 6.20. The van der Waals surface area contributed by atoms with Gasteiger partial charge in [-0.1, -0.05) is 40.8 Å². The lowest BCUT2D eigenvalue weighted by molar-refractivity contribution is 0.984. The third-order valence-corrected chi connectivity index (χ3v) is 4.17. The van der Waals surface area contributed by atoms with E-state index >= 15 is 0 Å². The fraction of sp³-hybridized carbons (Fsp3) is 0.111. The van der Waals surface area contributed by atoms with Crippen molar-refractivity contribution in [3.05, 3.63) is 28.2 Å². The van der Waals surface area contributed by atoms with Gasteiger partial charge in [0.05, 0.1) is 9.92 Å². The first-order valence-electron chi connectivity index (χ1n) is 4.19. The monoisotopic (exact) mass is 257 g/mol. The van der Waals surface area contributed by atoms with Gasteiger partial charge in [0.2, 0.25) is 0 Å². The van der Waals surface area contributed by atoms with Crippen molar-refractivity contribution >= 4 is 40.4 Å². The summed E-state index contributed by atoms with van der Waals surface area (Å²) >= 11 is 9.02. The number of nitrogens with zero attached hydrogens (tertiary/aromatic N) is 2. The maximum absolute atomic E-state index is 6.04. The van der Waals surface area contributed by atoms with Gasteiger partial charge in [-0.3, -0.25) is 0 Å². The molecule has 1 heterocycles. The van der Waals surface area contributed by atoms with Crippen LogP contribution in [0.15, 0.2) is 27.4 Å². The Morgan fingerprint density at radius 1 is 1.40 bits per heavy atom. The van der Waals surface area contributed by atoms with Crippen LogP contribution in [-0.4, -0.2) is 10.2 Å². The van der Waals surface area contributed by atoms with Crippen LogP contribution in [0, 0.1) is 6.92 Å². The fourth-order valence-electron chi connectivity index (χ4n) is 1.04. The van der Waals surface area contributed by atoms with E-state index in [1.165, 1.54) is 23.1 Å².